The maximum Gasteiger partial charge on any atom is 0.348 e. The SMILES string of the molecule is CC(=Nc1ccc(Cc2ccncc2)cc1)c1c(O)cc(C)oc1=O. The van der Waals surface area contributed by atoms with Crippen LogP contribution in [0.3, 0.4) is 0 Å². The van der Waals surface area contributed by atoms with Crippen molar-refractivity contribution in [3.8, 4) is 5.75 Å². The summed E-state index contributed by atoms with van der Waals surface area (Å²) in [4.78, 5) is 20.4. The Morgan fingerprint density at radius 2 is 1.76 bits per heavy atom. The van der Waals surface area contributed by atoms with Crippen molar-refractivity contribution in [2.75, 3.05) is 0 Å². The Morgan fingerprint density at radius 3 is 2.40 bits per heavy atom. The second-order valence-electron chi connectivity index (χ2n) is 5.80. The molecule has 0 aliphatic carbocycles. The second-order valence-corrected chi connectivity index (χ2v) is 5.80. The number of nitrogens with zero attached hydrogens (tertiary/aromatic N) is 2. The van der Waals surface area contributed by atoms with Gasteiger partial charge in [0, 0.05) is 18.5 Å². The zero-order chi connectivity index (χ0) is 17.8. The smallest absolute Gasteiger partial charge is 0.348 e. The van der Waals surface area contributed by atoms with Crippen LogP contribution in [0.4, 0.5) is 5.69 Å². The van der Waals surface area contributed by atoms with Gasteiger partial charge in [0.1, 0.15) is 17.1 Å². The number of aliphatic imine (C=N–C) groups is 1. The normalized spacial score (nSPS) is 11.5. The summed E-state index contributed by atoms with van der Waals surface area (Å²) in [6.07, 6.45) is 4.36. The van der Waals surface area contributed by atoms with Gasteiger partial charge in [0.05, 0.1) is 11.4 Å². The highest BCUT2D eigenvalue weighted by atomic mass is 16.4. The fraction of sp³-hybridized carbons (Fsp3) is 0.150. The van der Waals surface area contributed by atoms with Gasteiger partial charge in [0.25, 0.3) is 0 Å². The molecule has 2 heterocycles. The van der Waals surface area contributed by atoms with E-state index in [4.69, 9.17) is 4.42 Å². The van der Waals surface area contributed by atoms with E-state index in [2.05, 4.69) is 9.98 Å². The van der Waals surface area contributed by atoms with Crippen molar-refractivity contribution in [1.29, 1.82) is 0 Å². The molecule has 0 bridgehead atoms. The van der Waals surface area contributed by atoms with Gasteiger partial charge in [-0.3, -0.25) is 9.98 Å². The predicted octanol–water partition coefficient (Wildman–Crippen LogP) is 3.78. The van der Waals surface area contributed by atoms with Gasteiger partial charge in [0.15, 0.2) is 0 Å². The number of hydrogen-bond donors (Lipinski definition) is 1. The largest absolute Gasteiger partial charge is 0.507 e. The number of hydrogen-bond acceptors (Lipinski definition) is 5. The number of aromatic hydroxyl groups is 1. The first kappa shape index (κ1) is 16.6. The lowest BCUT2D eigenvalue weighted by atomic mass is 10.1. The van der Waals surface area contributed by atoms with Crippen LogP contribution in [0.1, 0.15) is 29.4 Å². The fourth-order valence-electron chi connectivity index (χ4n) is 2.60. The molecule has 2 aromatic heterocycles. The number of benzene rings is 1. The Bertz CT molecular complexity index is 958. The first-order valence-electron chi connectivity index (χ1n) is 7.90. The maximum absolute atomic E-state index is 11.9. The Morgan fingerprint density at radius 1 is 1.12 bits per heavy atom. The van der Waals surface area contributed by atoms with Crippen molar-refractivity contribution >= 4 is 11.4 Å². The summed E-state index contributed by atoms with van der Waals surface area (Å²) in [7, 11) is 0. The van der Waals surface area contributed by atoms with Gasteiger partial charge in [-0.15, -0.1) is 0 Å². The number of rotatable bonds is 4. The number of aromatic nitrogens is 1. The van der Waals surface area contributed by atoms with E-state index >= 15 is 0 Å². The molecule has 0 amide bonds. The van der Waals surface area contributed by atoms with Gasteiger partial charge in [-0.1, -0.05) is 12.1 Å². The van der Waals surface area contributed by atoms with Gasteiger partial charge < -0.3 is 9.52 Å². The van der Waals surface area contributed by atoms with Crippen LogP contribution >= 0.6 is 0 Å². The highest BCUT2D eigenvalue weighted by Gasteiger charge is 2.12. The van der Waals surface area contributed by atoms with E-state index in [0.29, 0.717) is 17.2 Å². The van der Waals surface area contributed by atoms with Crippen molar-refractivity contribution in [1.82, 2.24) is 4.98 Å². The first-order chi connectivity index (χ1) is 12.0. The van der Waals surface area contributed by atoms with Crippen molar-refractivity contribution in [3.05, 3.63) is 87.7 Å². The van der Waals surface area contributed by atoms with Crippen molar-refractivity contribution < 1.29 is 9.52 Å². The summed E-state index contributed by atoms with van der Waals surface area (Å²) >= 11 is 0. The zero-order valence-corrected chi connectivity index (χ0v) is 14.1. The molecule has 0 saturated heterocycles. The van der Waals surface area contributed by atoms with Crippen LogP contribution in [-0.4, -0.2) is 15.8 Å². The fourth-order valence-corrected chi connectivity index (χ4v) is 2.60. The molecule has 3 aromatic rings. The van der Waals surface area contributed by atoms with Gasteiger partial charge in [-0.25, -0.2) is 4.79 Å². The molecule has 5 heteroatoms. The summed E-state index contributed by atoms with van der Waals surface area (Å²) in [5, 5.41) is 9.98. The molecular formula is C20H18N2O3. The van der Waals surface area contributed by atoms with Crippen molar-refractivity contribution in [3.63, 3.8) is 0 Å². The molecule has 0 unspecified atom stereocenters. The molecule has 0 fully saturated rings. The van der Waals surface area contributed by atoms with Crippen molar-refractivity contribution in [2.45, 2.75) is 20.3 Å². The third-order valence-electron chi connectivity index (χ3n) is 3.81. The minimum absolute atomic E-state index is 0.0893. The molecule has 0 aliphatic heterocycles. The predicted molar refractivity (Wildman–Crippen MR) is 96.7 cm³/mol. The molecule has 0 saturated carbocycles. The summed E-state index contributed by atoms with van der Waals surface area (Å²) in [6.45, 7) is 3.28. The Labute approximate surface area is 145 Å². The topological polar surface area (TPSA) is 75.7 Å². The number of pyridine rings is 1. The number of aryl methyl sites for hydroxylation is 1. The average molecular weight is 334 g/mol. The summed E-state index contributed by atoms with van der Waals surface area (Å²) in [5.41, 5.74) is 2.95. The van der Waals surface area contributed by atoms with Crippen LogP contribution in [0.2, 0.25) is 0 Å². The first-order valence-corrected chi connectivity index (χ1v) is 7.90. The summed E-state index contributed by atoms with van der Waals surface area (Å²) < 4.78 is 5.03. The average Bonchev–Trinajstić information content (AvgIpc) is 2.56. The van der Waals surface area contributed by atoms with E-state index < -0.39 is 5.63 Å². The lowest BCUT2D eigenvalue weighted by molar-refractivity contribution is 0.432. The Kier molecular flexibility index (Phi) is 4.75. The van der Waals surface area contributed by atoms with Crippen molar-refractivity contribution in [2.24, 2.45) is 4.99 Å². The second kappa shape index (κ2) is 7.13. The van der Waals surface area contributed by atoms with Crippen LogP contribution in [0, 0.1) is 6.92 Å². The molecule has 0 radical (unpaired) electrons. The maximum atomic E-state index is 11.9. The lowest BCUT2D eigenvalue weighted by Gasteiger charge is -2.05. The molecule has 126 valence electrons. The molecule has 3 rings (SSSR count). The van der Waals surface area contributed by atoms with Crippen LogP contribution in [0.25, 0.3) is 0 Å². The summed E-state index contributed by atoms with van der Waals surface area (Å²) in [6, 6.07) is 13.1. The van der Waals surface area contributed by atoms with Gasteiger partial charge in [0.2, 0.25) is 0 Å². The van der Waals surface area contributed by atoms with E-state index in [0.717, 1.165) is 12.0 Å². The molecule has 1 N–H and O–H groups in total. The molecule has 25 heavy (non-hydrogen) atoms. The Hall–Kier alpha value is -3.21. The van der Waals surface area contributed by atoms with Crippen LogP contribution in [-0.2, 0) is 6.42 Å². The van der Waals surface area contributed by atoms with E-state index in [1.807, 2.05) is 36.4 Å². The Balaban J connectivity index is 1.83. The molecule has 0 atom stereocenters. The molecule has 0 aliphatic rings. The van der Waals surface area contributed by atoms with Crippen LogP contribution in [0.15, 0.2) is 69.1 Å². The van der Waals surface area contributed by atoms with Crippen LogP contribution in [0.5, 0.6) is 5.75 Å². The third kappa shape index (κ3) is 4.01. The zero-order valence-electron chi connectivity index (χ0n) is 14.1. The summed E-state index contributed by atoms with van der Waals surface area (Å²) in [5.74, 6) is 0.240. The standard InChI is InChI=1S/C20H18N2O3/c1-13-11-18(23)19(20(24)25-13)14(2)22-17-5-3-15(4-6-17)12-16-7-9-21-10-8-16/h3-11,23H,12H2,1-2H3. The monoisotopic (exact) mass is 334 g/mol. The minimum atomic E-state index is -0.590. The quantitative estimate of drug-likeness (QED) is 0.737. The minimum Gasteiger partial charge on any atom is -0.507 e. The van der Waals surface area contributed by atoms with E-state index in [1.54, 1.807) is 26.2 Å². The van der Waals surface area contributed by atoms with Crippen LogP contribution < -0.4 is 5.63 Å². The van der Waals surface area contributed by atoms with Gasteiger partial charge >= 0.3 is 5.63 Å². The highest BCUT2D eigenvalue weighted by Crippen LogP contribution is 2.20. The molecular weight excluding hydrogens is 316 g/mol. The van der Waals surface area contributed by atoms with Gasteiger partial charge in [-0.2, -0.15) is 0 Å². The molecule has 5 nitrogen and oxygen atoms in total. The molecule has 1 aromatic carbocycles. The van der Waals surface area contributed by atoms with E-state index in [9.17, 15) is 9.90 Å². The van der Waals surface area contributed by atoms with E-state index in [1.165, 1.54) is 11.6 Å². The highest BCUT2D eigenvalue weighted by molar-refractivity contribution is 6.01. The van der Waals surface area contributed by atoms with E-state index in [-0.39, 0.29) is 11.3 Å². The lowest BCUT2D eigenvalue weighted by Crippen LogP contribution is -2.12. The third-order valence-corrected chi connectivity index (χ3v) is 3.81. The van der Waals surface area contributed by atoms with Gasteiger partial charge in [-0.05, 0) is 55.7 Å². The molecule has 0 spiro atoms.